The van der Waals surface area contributed by atoms with Crippen molar-refractivity contribution in [3.63, 3.8) is 0 Å². The lowest BCUT2D eigenvalue weighted by Crippen LogP contribution is -2.18. The summed E-state index contributed by atoms with van der Waals surface area (Å²) >= 11 is 0. The monoisotopic (exact) mass is 200 g/mol. The summed E-state index contributed by atoms with van der Waals surface area (Å²) in [7, 11) is 0. The Kier molecular flexibility index (Phi) is 1.94. The van der Waals surface area contributed by atoms with Gasteiger partial charge in [-0.15, -0.1) is 0 Å². The maximum Gasteiger partial charge on any atom is 0.0467 e. The molecule has 2 N–H and O–H groups in total. The first-order chi connectivity index (χ1) is 7.34. The smallest absolute Gasteiger partial charge is 0.0467 e. The Balaban J connectivity index is 2.02. The van der Waals surface area contributed by atoms with E-state index in [0.717, 1.165) is 19.4 Å². The molecule has 0 saturated heterocycles. The Morgan fingerprint density at radius 2 is 2.27 bits per heavy atom. The number of hydrogen-bond acceptors (Lipinski definition) is 2. The summed E-state index contributed by atoms with van der Waals surface area (Å²) < 4.78 is 0. The van der Waals surface area contributed by atoms with Gasteiger partial charge in [-0.2, -0.15) is 0 Å². The minimum absolute atomic E-state index is 0.581. The van der Waals surface area contributed by atoms with Crippen LogP contribution in [0.2, 0.25) is 0 Å². The number of rotatable bonds is 1. The summed E-state index contributed by atoms with van der Waals surface area (Å²) in [5.74, 6) is 0. The molecule has 1 aromatic carbocycles. The molecular weight excluding hydrogens is 184 g/mol. The quantitative estimate of drug-likeness (QED) is 0.727. The van der Waals surface area contributed by atoms with Gasteiger partial charge in [0.05, 0.1) is 0 Å². The van der Waals surface area contributed by atoms with Crippen molar-refractivity contribution < 1.29 is 0 Å². The van der Waals surface area contributed by atoms with Gasteiger partial charge in [-0.25, -0.2) is 0 Å². The second-order valence-corrected chi connectivity index (χ2v) is 4.42. The zero-order chi connectivity index (χ0) is 10.3. The van der Waals surface area contributed by atoms with Gasteiger partial charge in [-0.3, -0.25) is 0 Å². The normalized spacial score (nSPS) is 23.0. The molecule has 78 valence electrons. The molecule has 0 aromatic heterocycles. The molecule has 2 nitrogen and oxygen atoms in total. The third-order valence-corrected chi connectivity index (χ3v) is 3.21. The molecule has 1 aromatic rings. The Bertz CT molecular complexity index is 421. The van der Waals surface area contributed by atoms with Crippen molar-refractivity contribution in [1.82, 2.24) is 5.32 Å². The van der Waals surface area contributed by atoms with Crippen LogP contribution in [0.25, 0.3) is 5.70 Å². The lowest BCUT2D eigenvalue weighted by Gasteiger charge is -2.12. The van der Waals surface area contributed by atoms with E-state index in [1.807, 2.05) is 0 Å². The SMILES string of the molecule is CC1CC=C(c2cccc3c2NCC3)N1. The summed E-state index contributed by atoms with van der Waals surface area (Å²) in [6.07, 6.45) is 4.60. The number of para-hydroxylation sites is 1. The first-order valence-electron chi connectivity index (χ1n) is 5.67. The molecule has 0 radical (unpaired) electrons. The molecule has 1 unspecified atom stereocenters. The molecule has 0 saturated carbocycles. The number of nitrogens with one attached hydrogen (secondary N) is 2. The molecule has 15 heavy (non-hydrogen) atoms. The molecule has 0 spiro atoms. The van der Waals surface area contributed by atoms with Gasteiger partial charge in [0.2, 0.25) is 0 Å². The van der Waals surface area contributed by atoms with Crippen LogP contribution in [-0.4, -0.2) is 12.6 Å². The van der Waals surface area contributed by atoms with E-state index in [1.54, 1.807) is 0 Å². The second-order valence-electron chi connectivity index (χ2n) is 4.42. The van der Waals surface area contributed by atoms with Crippen LogP contribution in [0.4, 0.5) is 5.69 Å². The minimum atomic E-state index is 0.581. The number of hydrogen-bond donors (Lipinski definition) is 2. The molecule has 0 fully saturated rings. The van der Waals surface area contributed by atoms with Crippen molar-refractivity contribution in [3.05, 3.63) is 35.4 Å². The minimum Gasteiger partial charge on any atom is -0.384 e. The maximum absolute atomic E-state index is 3.52. The van der Waals surface area contributed by atoms with Crippen molar-refractivity contribution in [2.75, 3.05) is 11.9 Å². The molecule has 2 aliphatic heterocycles. The van der Waals surface area contributed by atoms with E-state index >= 15 is 0 Å². The van der Waals surface area contributed by atoms with Gasteiger partial charge >= 0.3 is 0 Å². The standard InChI is InChI=1S/C13H16N2/c1-9-5-6-12(15-9)11-4-2-3-10-7-8-14-13(10)11/h2-4,6,9,14-15H,5,7-8H2,1H3. The Labute approximate surface area is 90.4 Å². The molecule has 2 aliphatic rings. The Hall–Kier alpha value is -1.44. The fourth-order valence-electron chi connectivity index (χ4n) is 2.43. The lowest BCUT2D eigenvalue weighted by molar-refractivity contribution is 0.699. The van der Waals surface area contributed by atoms with E-state index in [1.165, 1.54) is 22.5 Å². The third-order valence-electron chi connectivity index (χ3n) is 3.21. The van der Waals surface area contributed by atoms with Gasteiger partial charge < -0.3 is 10.6 Å². The fourth-order valence-corrected chi connectivity index (χ4v) is 2.43. The largest absolute Gasteiger partial charge is 0.384 e. The van der Waals surface area contributed by atoms with Gasteiger partial charge in [-0.05, 0) is 25.3 Å². The van der Waals surface area contributed by atoms with Gasteiger partial charge in [0, 0.05) is 29.5 Å². The van der Waals surface area contributed by atoms with Crippen LogP contribution in [-0.2, 0) is 6.42 Å². The average molecular weight is 200 g/mol. The summed E-state index contributed by atoms with van der Waals surface area (Å²) in [5, 5.41) is 7.00. The second kappa shape index (κ2) is 3.30. The van der Waals surface area contributed by atoms with E-state index in [4.69, 9.17) is 0 Å². The Morgan fingerprint density at radius 1 is 1.33 bits per heavy atom. The van der Waals surface area contributed by atoms with E-state index in [0.29, 0.717) is 6.04 Å². The molecular formula is C13H16N2. The zero-order valence-electron chi connectivity index (χ0n) is 9.01. The van der Waals surface area contributed by atoms with Crippen LogP contribution in [0.3, 0.4) is 0 Å². The van der Waals surface area contributed by atoms with Crippen molar-refractivity contribution in [3.8, 4) is 0 Å². The summed E-state index contributed by atoms with van der Waals surface area (Å²) in [6.45, 7) is 3.30. The molecule has 1 atom stereocenters. The van der Waals surface area contributed by atoms with E-state index in [-0.39, 0.29) is 0 Å². The highest BCUT2D eigenvalue weighted by Gasteiger charge is 2.19. The van der Waals surface area contributed by atoms with Crippen LogP contribution in [0, 0.1) is 0 Å². The molecule has 0 bridgehead atoms. The van der Waals surface area contributed by atoms with E-state index in [9.17, 15) is 0 Å². The van der Waals surface area contributed by atoms with Crippen LogP contribution in [0.1, 0.15) is 24.5 Å². The summed E-state index contributed by atoms with van der Waals surface area (Å²) in [4.78, 5) is 0. The summed E-state index contributed by atoms with van der Waals surface area (Å²) in [6, 6.07) is 7.16. The van der Waals surface area contributed by atoms with Crippen LogP contribution in [0.5, 0.6) is 0 Å². The zero-order valence-corrected chi connectivity index (χ0v) is 9.01. The van der Waals surface area contributed by atoms with Crippen molar-refractivity contribution in [2.24, 2.45) is 0 Å². The van der Waals surface area contributed by atoms with Crippen LogP contribution in [0.15, 0.2) is 24.3 Å². The molecule has 0 amide bonds. The predicted octanol–water partition coefficient (Wildman–Crippen LogP) is 2.38. The molecule has 3 rings (SSSR count). The van der Waals surface area contributed by atoms with Crippen molar-refractivity contribution in [2.45, 2.75) is 25.8 Å². The van der Waals surface area contributed by atoms with Crippen LogP contribution < -0.4 is 10.6 Å². The highest BCUT2D eigenvalue weighted by atomic mass is 15.0. The number of fused-ring (bicyclic) bond motifs is 1. The summed E-state index contributed by atoms with van der Waals surface area (Å²) in [5.41, 5.74) is 5.43. The number of benzene rings is 1. The highest BCUT2D eigenvalue weighted by Crippen LogP contribution is 2.32. The topological polar surface area (TPSA) is 24.1 Å². The maximum atomic E-state index is 3.52. The fraction of sp³-hybridized carbons (Fsp3) is 0.385. The molecule has 2 heteroatoms. The van der Waals surface area contributed by atoms with Gasteiger partial charge in [-0.1, -0.05) is 24.3 Å². The van der Waals surface area contributed by atoms with Gasteiger partial charge in [0.15, 0.2) is 0 Å². The van der Waals surface area contributed by atoms with Crippen molar-refractivity contribution >= 4 is 11.4 Å². The first-order valence-corrected chi connectivity index (χ1v) is 5.67. The van der Waals surface area contributed by atoms with E-state index < -0.39 is 0 Å². The Morgan fingerprint density at radius 3 is 3.07 bits per heavy atom. The van der Waals surface area contributed by atoms with Gasteiger partial charge in [0.1, 0.15) is 0 Å². The molecule has 2 heterocycles. The third kappa shape index (κ3) is 1.41. The number of anilines is 1. The average Bonchev–Trinajstić information content (AvgIpc) is 2.84. The predicted molar refractivity (Wildman–Crippen MR) is 63.8 cm³/mol. The van der Waals surface area contributed by atoms with E-state index in [2.05, 4.69) is 41.8 Å². The lowest BCUT2D eigenvalue weighted by atomic mass is 10.1. The van der Waals surface area contributed by atoms with Crippen LogP contribution >= 0.6 is 0 Å². The highest BCUT2D eigenvalue weighted by molar-refractivity contribution is 5.79. The van der Waals surface area contributed by atoms with Crippen molar-refractivity contribution in [1.29, 1.82) is 0 Å². The first kappa shape index (κ1) is 8.84. The van der Waals surface area contributed by atoms with Gasteiger partial charge in [0.25, 0.3) is 0 Å². The molecule has 0 aliphatic carbocycles.